The highest BCUT2D eigenvalue weighted by molar-refractivity contribution is 6.30. The van der Waals surface area contributed by atoms with E-state index in [0.29, 0.717) is 5.69 Å². The lowest BCUT2D eigenvalue weighted by Crippen LogP contribution is -2.45. The van der Waals surface area contributed by atoms with Crippen molar-refractivity contribution < 1.29 is 37.3 Å². The maximum atomic E-state index is 12.9. The minimum Gasteiger partial charge on any atom is -0.456 e. The van der Waals surface area contributed by atoms with Gasteiger partial charge in [0.2, 0.25) is 5.91 Å². The van der Waals surface area contributed by atoms with Gasteiger partial charge >= 0.3 is 12.3 Å². The van der Waals surface area contributed by atoms with Crippen LogP contribution in [0.1, 0.15) is 43.6 Å². The molecule has 2 unspecified atom stereocenters. The number of allylic oxidation sites excluding steroid dienone is 2. The van der Waals surface area contributed by atoms with Crippen LogP contribution in [0.3, 0.4) is 0 Å². The number of aliphatic hydroxyl groups is 1. The lowest BCUT2D eigenvalue weighted by atomic mass is 9.94. The van der Waals surface area contributed by atoms with E-state index in [1.54, 1.807) is 20.8 Å². The van der Waals surface area contributed by atoms with E-state index >= 15 is 0 Å². The van der Waals surface area contributed by atoms with Crippen LogP contribution >= 0.6 is 11.6 Å². The van der Waals surface area contributed by atoms with Crippen molar-refractivity contribution in [2.24, 2.45) is 0 Å². The molecule has 39 heavy (non-hydrogen) atoms. The fourth-order valence-corrected chi connectivity index (χ4v) is 3.79. The number of nitriles is 1. The van der Waals surface area contributed by atoms with Gasteiger partial charge in [-0.25, -0.2) is 4.79 Å². The summed E-state index contributed by atoms with van der Waals surface area (Å²) in [5.74, 6) is -1.70. The van der Waals surface area contributed by atoms with E-state index in [-0.39, 0.29) is 27.3 Å². The number of alkyl halides is 3. The molecular weight excluding hydrogens is 539 g/mol. The van der Waals surface area contributed by atoms with Gasteiger partial charge in [-0.15, -0.1) is 13.2 Å². The molecule has 1 heterocycles. The number of aliphatic hydroxyl groups excluding tert-OH is 1. The molecule has 2 aromatic carbocycles. The maximum absolute atomic E-state index is 12.9. The first-order valence-corrected chi connectivity index (χ1v) is 12.0. The summed E-state index contributed by atoms with van der Waals surface area (Å²) in [6.45, 7) is 6.69. The molecule has 2 aromatic rings. The summed E-state index contributed by atoms with van der Waals surface area (Å²) in [6, 6.07) is 10.2. The number of halogens is 4. The monoisotopic (exact) mass is 563 g/mol. The number of amides is 1. The molecule has 8 nitrogen and oxygen atoms in total. The molecule has 0 saturated carbocycles. The number of esters is 1. The van der Waals surface area contributed by atoms with Gasteiger partial charge in [0, 0.05) is 28.0 Å². The Morgan fingerprint density at radius 1 is 1.15 bits per heavy atom. The van der Waals surface area contributed by atoms with Crippen molar-refractivity contribution in [2.75, 3.05) is 5.32 Å². The van der Waals surface area contributed by atoms with E-state index in [0.717, 1.165) is 12.1 Å². The van der Waals surface area contributed by atoms with Crippen LogP contribution in [-0.2, 0) is 9.53 Å². The molecule has 1 aliphatic rings. The summed E-state index contributed by atoms with van der Waals surface area (Å²) in [7, 11) is 0. The molecule has 0 fully saturated rings. The Hall–Kier alpha value is -4.01. The van der Waals surface area contributed by atoms with Gasteiger partial charge in [-0.1, -0.05) is 11.6 Å². The summed E-state index contributed by atoms with van der Waals surface area (Å²) < 4.78 is 48.2. The smallest absolute Gasteiger partial charge is 0.456 e. The van der Waals surface area contributed by atoms with Crippen molar-refractivity contribution in [1.29, 1.82) is 5.26 Å². The number of carbonyl (C=O) groups is 2. The van der Waals surface area contributed by atoms with Gasteiger partial charge in [-0.2, -0.15) is 5.26 Å². The number of rotatable bonds is 6. The van der Waals surface area contributed by atoms with E-state index in [9.17, 15) is 33.1 Å². The zero-order chi connectivity index (χ0) is 29.1. The van der Waals surface area contributed by atoms with Crippen LogP contribution in [0, 0.1) is 11.3 Å². The van der Waals surface area contributed by atoms with Crippen LogP contribution < -0.4 is 10.1 Å². The SMILES string of the molecule is CC(C(=O)Nc1ccc(C(=O)OC(C)(C)C)cc1)N1C=C(C#N)C(c2cc(Cl)ccc2OC(F)(F)F)=CC1O. The van der Waals surface area contributed by atoms with Gasteiger partial charge in [0.1, 0.15) is 29.7 Å². The number of benzene rings is 2. The molecule has 206 valence electrons. The number of nitrogens with one attached hydrogen (secondary N) is 1. The zero-order valence-electron chi connectivity index (χ0n) is 21.3. The summed E-state index contributed by atoms with van der Waals surface area (Å²) >= 11 is 5.97. The van der Waals surface area contributed by atoms with Gasteiger partial charge in [-0.05, 0) is 76.2 Å². The Morgan fingerprint density at radius 2 is 1.79 bits per heavy atom. The minimum atomic E-state index is -5.00. The lowest BCUT2D eigenvalue weighted by molar-refractivity contribution is -0.274. The van der Waals surface area contributed by atoms with Gasteiger partial charge in [0.15, 0.2) is 0 Å². The summed E-state index contributed by atoms with van der Waals surface area (Å²) in [4.78, 5) is 26.3. The number of anilines is 1. The maximum Gasteiger partial charge on any atom is 0.573 e. The fourth-order valence-electron chi connectivity index (χ4n) is 3.62. The number of carbonyl (C=O) groups excluding carboxylic acids is 2. The Balaban J connectivity index is 1.79. The largest absolute Gasteiger partial charge is 0.573 e. The van der Waals surface area contributed by atoms with Crippen LogP contribution in [-0.4, -0.2) is 46.1 Å². The molecule has 1 aliphatic heterocycles. The highest BCUT2D eigenvalue weighted by atomic mass is 35.5. The Labute approximate surface area is 227 Å². The minimum absolute atomic E-state index is 0.0478. The molecule has 1 amide bonds. The van der Waals surface area contributed by atoms with E-state index in [1.165, 1.54) is 54.4 Å². The Bertz CT molecular complexity index is 1360. The first-order valence-electron chi connectivity index (χ1n) is 11.6. The van der Waals surface area contributed by atoms with E-state index in [1.807, 2.05) is 6.07 Å². The summed E-state index contributed by atoms with van der Waals surface area (Å²) in [5, 5.41) is 23.2. The summed E-state index contributed by atoms with van der Waals surface area (Å²) in [5.41, 5.74) is -0.355. The second-order valence-electron chi connectivity index (χ2n) is 9.53. The average molecular weight is 564 g/mol. The molecule has 0 spiro atoms. The highest BCUT2D eigenvalue weighted by Crippen LogP contribution is 2.38. The van der Waals surface area contributed by atoms with Gasteiger partial charge in [0.25, 0.3) is 0 Å². The second kappa shape index (κ2) is 11.4. The molecule has 0 bridgehead atoms. The normalized spacial score (nSPS) is 16.4. The van der Waals surface area contributed by atoms with Crippen LogP contribution in [0.2, 0.25) is 5.02 Å². The number of hydrogen-bond donors (Lipinski definition) is 2. The van der Waals surface area contributed by atoms with Crippen LogP contribution in [0.15, 0.2) is 60.3 Å². The lowest BCUT2D eigenvalue weighted by Gasteiger charge is -2.34. The third-order valence-electron chi connectivity index (χ3n) is 5.38. The topological polar surface area (TPSA) is 112 Å². The van der Waals surface area contributed by atoms with Gasteiger partial charge in [0.05, 0.1) is 11.1 Å². The van der Waals surface area contributed by atoms with E-state index < -0.39 is 41.9 Å². The Morgan fingerprint density at radius 3 is 2.36 bits per heavy atom. The Kier molecular flexibility index (Phi) is 8.63. The molecule has 0 saturated heterocycles. The quantitative estimate of drug-likeness (QED) is 0.437. The highest BCUT2D eigenvalue weighted by Gasteiger charge is 2.34. The molecule has 2 N–H and O–H groups in total. The molecule has 0 aliphatic carbocycles. The van der Waals surface area contributed by atoms with E-state index in [4.69, 9.17) is 16.3 Å². The average Bonchev–Trinajstić information content (AvgIpc) is 2.83. The predicted molar refractivity (Wildman–Crippen MR) is 137 cm³/mol. The molecule has 3 rings (SSSR count). The van der Waals surface area contributed by atoms with Gasteiger partial charge < -0.3 is 24.8 Å². The molecule has 0 aromatic heterocycles. The van der Waals surface area contributed by atoms with Crippen molar-refractivity contribution in [3.05, 3.63) is 76.5 Å². The standard InChI is InChI=1S/C27H25ClF3N3O5/c1-15(24(36)33-19-8-5-16(6-9-19)25(37)39-26(2,3)4)34-14-17(13-32)20(12-23(34)35)21-11-18(28)7-10-22(21)38-27(29,30)31/h5-12,14-15,23,35H,1-4H3,(H,33,36). The summed E-state index contributed by atoms with van der Waals surface area (Å²) in [6.07, 6.45) is -4.18. The van der Waals surface area contributed by atoms with Crippen molar-refractivity contribution in [1.82, 2.24) is 4.90 Å². The van der Waals surface area contributed by atoms with Crippen molar-refractivity contribution >= 4 is 34.7 Å². The van der Waals surface area contributed by atoms with Crippen molar-refractivity contribution in [3.8, 4) is 11.8 Å². The second-order valence-corrected chi connectivity index (χ2v) is 9.96. The third kappa shape index (κ3) is 7.75. The first-order chi connectivity index (χ1) is 18.1. The number of nitrogens with zero attached hydrogens (tertiary/aromatic N) is 2. The zero-order valence-corrected chi connectivity index (χ0v) is 22.1. The van der Waals surface area contributed by atoms with E-state index in [2.05, 4.69) is 10.1 Å². The van der Waals surface area contributed by atoms with Crippen LogP contribution in [0.4, 0.5) is 18.9 Å². The van der Waals surface area contributed by atoms with Crippen LogP contribution in [0.5, 0.6) is 5.75 Å². The molecule has 12 heteroatoms. The number of ether oxygens (including phenoxy) is 2. The fraction of sp³-hybridized carbons (Fsp3) is 0.296. The third-order valence-corrected chi connectivity index (χ3v) is 5.62. The van der Waals surface area contributed by atoms with Crippen LogP contribution in [0.25, 0.3) is 5.57 Å². The van der Waals surface area contributed by atoms with Crippen molar-refractivity contribution in [2.45, 2.75) is 51.9 Å². The van der Waals surface area contributed by atoms with Gasteiger partial charge in [-0.3, -0.25) is 4.79 Å². The predicted octanol–water partition coefficient (Wildman–Crippen LogP) is 5.65. The molecular formula is C27H25ClF3N3O5. The number of hydrogen-bond acceptors (Lipinski definition) is 7. The first kappa shape index (κ1) is 29.5. The van der Waals surface area contributed by atoms with Crippen molar-refractivity contribution in [3.63, 3.8) is 0 Å². The molecule has 0 radical (unpaired) electrons. The molecule has 2 atom stereocenters.